The van der Waals surface area contributed by atoms with Crippen LogP contribution in [0.4, 0.5) is 0 Å². The van der Waals surface area contributed by atoms with E-state index >= 15 is 0 Å². The van der Waals surface area contributed by atoms with Crippen molar-refractivity contribution in [3.63, 3.8) is 0 Å². The molecule has 5 nitrogen and oxygen atoms in total. The van der Waals surface area contributed by atoms with Gasteiger partial charge in [-0.05, 0) is 42.5 Å². The Morgan fingerprint density at radius 1 is 1.43 bits per heavy atom. The topological polar surface area (TPSA) is 66.8 Å². The maximum absolute atomic E-state index is 12.1. The molecule has 0 radical (unpaired) electrons. The number of carboxylic acid groups (broad SMARTS) is 1. The summed E-state index contributed by atoms with van der Waals surface area (Å²) >= 11 is 0. The van der Waals surface area contributed by atoms with Crippen molar-refractivity contribution in [2.24, 2.45) is 5.92 Å². The Morgan fingerprint density at radius 3 is 2.81 bits per heavy atom. The van der Waals surface area contributed by atoms with E-state index < -0.39 is 5.97 Å². The van der Waals surface area contributed by atoms with E-state index in [1.807, 2.05) is 24.3 Å². The van der Waals surface area contributed by atoms with Gasteiger partial charge in [0, 0.05) is 12.6 Å². The molecule has 1 aliphatic rings. The van der Waals surface area contributed by atoms with Crippen molar-refractivity contribution < 1.29 is 19.4 Å². The van der Waals surface area contributed by atoms with Gasteiger partial charge in [0.25, 0.3) is 0 Å². The molecule has 5 heteroatoms. The summed E-state index contributed by atoms with van der Waals surface area (Å²) < 4.78 is 5.12. The first-order valence-electron chi connectivity index (χ1n) is 6.91. The van der Waals surface area contributed by atoms with Crippen LogP contribution >= 0.6 is 0 Å². The molecule has 1 aliphatic carbocycles. The van der Waals surface area contributed by atoms with E-state index in [0.717, 1.165) is 18.4 Å². The minimum atomic E-state index is -0.987. The van der Waals surface area contributed by atoms with Crippen LogP contribution in [0.1, 0.15) is 18.4 Å². The third kappa shape index (κ3) is 4.95. The van der Waals surface area contributed by atoms with Crippen molar-refractivity contribution in [3.8, 4) is 5.75 Å². The van der Waals surface area contributed by atoms with Crippen LogP contribution < -0.4 is 4.74 Å². The lowest BCUT2D eigenvalue weighted by molar-refractivity contribution is -0.142. The second-order valence-electron chi connectivity index (χ2n) is 5.17. The van der Waals surface area contributed by atoms with Crippen molar-refractivity contribution in [2.45, 2.75) is 12.8 Å². The van der Waals surface area contributed by atoms with Crippen LogP contribution in [0.5, 0.6) is 5.75 Å². The summed E-state index contributed by atoms with van der Waals surface area (Å²) in [4.78, 5) is 24.3. The molecule has 0 spiro atoms. The van der Waals surface area contributed by atoms with Crippen LogP contribution in [0.15, 0.2) is 30.3 Å². The smallest absolute Gasteiger partial charge is 0.323 e. The summed E-state index contributed by atoms with van der Waals surface area (Å²) in [7, 11) is 1.58. The molecule has 0 bridgehead atoms. The lowest BCUT2D eigenvalue weighted by Gasteiger charge is -2.18. The Kier molecular flexibility index (Phi) is 4.98. The Bertz CT molecular complexity index is 549. The molecule has 2 rings (SSSR count). The van der Waals surface area contributed by atoms with Gasteiger partial charge in [-0.15, -0.1) is 0 Å². The van der Waals surface area contributed by atoms with Crippen LogP contribution in [0, 0.1) is 5.92 Å². The molecular weight excluding hydrogens is 270 g/mol. The summed E-state index contributed by atoms with van der Waals surface area (Å²) in [6.07, 6.45) is 5.23. The van der Waals surface area contributed by atoms with Gasteiger partial charge in [-0.3, -0.25) is 9.59 Å². The predicted octanol–water partition coefficient (Wildman–Crippen LogP) is 2.03. The van der Waals surface area contributed by atoms with Crippen LogP contribution in [0.3, 0.4) is 0 Å². The van der Waals surface area contributed by atoms with Crippen LogP contribution in [-0.4, -0.2) is 42.1 Å². The maximum Gasteiger partial charge on any atom is 0.323 e. The second kappa shape index (κ2) is 6.92. The fourth-order valence-electron chi connectivity index (χ4n) is 2.03. The Balaban J connectivity index is 2.01. The van der Waals surface area contributed by atoms with Crippen molar-refractivity contribution in [1.82, 2.24) is 4.90 Å². The van der Waals surface area contributed by atoms with Gasteiger partial charge in [-0.1, -0.05) is 12.1 Å². The lowest BCUT2D eigenvalue weighted by Crippen LogP contribution is -2.36. The van der Waals surface area contributed by atoms with Gasteiger partial charge in [0.15, 0.2) is 0 Å². The molecule has 1 saturated carbocycles. The highest BCUT2D eigenvalue weighted by Gasteiger charge is 2.27. The summed E-state index contributed by atoms with van der Waals surface area (Å²) in [5.41, 5.74) is 0.837. The standard InChI is InChI=1S/C16H19NO4/c1-21-14-4-2-3-12(9-14)7-8-15(18)17(11-16(19)20)10-13-5-6-13/h2-4,7-9,13H,5-6,10-11H2,1H3,(H,19,20)/b8-7+. The summed E-state index contributed by atoms with van der Waals surface area (Å²) in [5, 5.41) is 8.89. The van der Waals surface area contributed by atoms with E-state index in [1.54, 1.807) is 13.2 Å². The Morgan fingerprint density at radius 2 is 2.19 bits per heavy atom. The number of hydrogen-bond donors (Lipinski definition) is 1. The Hall–Kier alpha value is -2.30. The van der Waals surface area contributed by atoms with Crippen LogP contribution in [0.2, 0.25) is 0 Å². The van der Waals surface area contributed by atoms with E-state index in [1.165, 1.54) is 11.0 Å². The lowest BCUT2D eigenvalue weighted by atomic mass is 10.2. The number of hydrogen-bond acceptors (Lipinski definition) is 3. The van der Waals surface area contributed by atoms with Gasteiger partial charge in [-0.25, -0.2) is 0 Å². The molecule has 0 unspecified atom stereocenters. The SMILES string of the molecule is COc1cccc(/C=C/C(=O)N(CC(=O)O)CC2CC2)c1. The normalized spacial score (nSPS) is 14.1. The van der Waals surface area contributed by atoms with E-state index in [2.05, 4.69) is 0 Å². The fourth-order valence-corrected chi connectivity index (χ4v) is 2.03. The fraction of sp³-hybridized carbons (Fsp3) is 0.375. The van der Waals surface area contributed by atoms with Gasteiger partial charge in [0.1, 0.15) is 12.3 Å². The minimum Gasteiger partial charge on any atom is -0.497 e. The van der Waals surface area contributed by atoms with Gasteiger partial charge < -0.3 is 14.7 Å². The molecule has 0 aliphatic heterocycles. The summed E-state index contributed by atoms with van der Waals surface area (Å²) in [5.74, 6) is -0.0885. The first-order valence-corrected chi connectivity index (χ1v) is 6.91. The zero-order valence-electron chi connectivity index (χ0n) is 12.0. The summed E-state index contributed by atoms with van der Waals surface area (Å²) in [6.45, 7) is 0.269. The molecule has 112 valence electrons. The second-order valence-corrected chi connectivity index (χ2v) is 5.17. The number of carbonyl (C=O) groups excluding carboxylic acids is 1. The molecule has 1 N–H and O–H groups in total. The third-order valence-corrected chi connectivity index (χ3v) is 3.33. The number of aliphatic carboxylic acids is 1. The molecule has 0 aromatic heterocycles. The molecule has 1 fully saturated rings. The quantitative estimate of drug-likeness (QED) is 0.780. The number of methoxy groups -OCH3 is 1. The molecular formula is C16H19NO4. The van der Waals surface area contributed by atoms with E-state index in [9.17, 15) is 9.59 Å². The van der Waals surface area contributed by atoms with Crippen molar-refractivity contribution in [3.05, 3.63) is 35.9 Å². The molecule has 0 heterocycles. The average molecular weight is 289 g/mol. The van der Waals surface area contributed by atoms with Crippen molar-refractivity contribution in [2.75, 3.05) is 20.2 Å². The number of benzene rings is 1. The number of ether oxygens (including phenoxy) is 1. The highest BCUT2D eigenvalue weighted by Crippen LogP contribution is 2.29. The number of nitrogens with zero attached hydrogens (tertiary/aromatic N) is 1. The summed E-state index contributed by atoms with van der Waals surface area (Å²) in [6, 6.07) is 7.33. The van der Waals surface area contributed by atoms with E-state index in [0.29, 0.717) is 18.2 Å². The largest absolute Gasteiger partial charge is 0.497 e. The molecule has 1 amide bonds. The highest BCUT2D eigenvalue weighted by molar-refractivity contribution is 5.93. The van der Waals surface area contributed by atoms with Crippen LogP contribution in [-0.2, 0) is 9.59 Å². The van der Waals surface area contributed by atoms with Crippen molar-refractivity contribution >= 4 is 18.0 Å². The predicted molar refractivity (Wildman–Crippen MR) is 79.0 cm³/mol. The maximum atomic E-state index is 12.1. The van der Waals surface area contributed by atoms with Gasteiger partial charge in [-0.2, -0.15) is 0 Å². The van der Waals surface area contributed by atoms with Gasteiger partial charge in [0.05, 0.1) is 7.11 Å². The molecule has 21 heavy (non-hydrogen) atoms. The van der Waals surface area contributed by atoms with Gasteiger partial charge >= 0.3 is 5.97 Å². The van der Waals surface area contributed by atoms with Crippen LogP contribution in [0.25, 0.3) is 6.08 Å². The zero-order valence-corrected chi connectivity index (χ0v) is 12.0. The Labute approximate surface area is 123 Å². The number of carbonyl (C=O) groups is 2. The van der Waals surface area contributed by atoms with Gasteiger partial charge in [0.2, 0.25) is 5.91 Å². The monoisotopic (exact) mass is 289 g/mol. The number of rotatable bonds is 7. The third-order valence-electron chi connectivity index (χ3n) is 3.33. The first kappa shape index (κ1) is 15.1. The number of amides is 1. The minimum absolute atomic E-state index is 0.252. The highest BCUT2D eigenvalue weighted by atomic mass is 16.5. The van der Waals surface area contributed by atoms with Crippen molar-refractivity contribution in [1.29, 1.82) is 0 Å². The van der Waals surface area contributed by atoms with E-state index in [-0.39, 0.29) is 12.5 Å². The average Bonchev–Trinajstić information content (AvgIpc) is 3.28. The molecule has 1 aromatic rings. The van der Waals surface area contributed by atoms with E-state index in [4.69, 9.17) is 9.84 Å². The molecule has 1 aromatic carbocycles. The molecule has 0 atom stereocenters. The number of carboxylic acids is 1. The first-order chi connectivity index (χ1) is 10.1. The zero-order chi connectivity index (χ0) is 15.2. The molecule has 0 saturated heterocycles.